The summed E-state index contributed by atoms with van der Waals surface area (Å²) in [7, 11) is 3.88. The van der Waals surface area contributed by atoms with E-state index in [2.05, 4.69) is 5.32 Å². The summed E-state index contributed by atoms with van der Waals surface area (Å²) in [5.41, 5.74) is 1.61. The summed E-state index contributed by atoms with van der Waals surface area (Å²) in [4.78, 5) is 28.3. The van der Waals surface area contributed by atoms with Crippen LogP contribution in [0.1, 0.15) is 42.5 Å². The second-order valence-corrected chi connectivity index (χ2v) is 6.25. The van der Waals surface area contributed by atoms with Gasteiger partial charge in [-0.05, 0) is 31.0 Å². The predicted molar refractivity (Wildman–Crippen MR) is 92.8 cm³/mol. The van der Waals surface area contributed by atoms with Crippen LogP contribution in [0.25, 0.3) is 0 Å². The van der Waals surface area contributed by atoms with Crippen LogP contribution in [0.3, 0.4) is 0 Å². The number of amides is 2. The van der Waals surface area contributed by atoms with Crippen LogP contribution in [-0.4, -0.2) is 50.4 Å². The summed E-state index contributed by atoms with van der Waals surface area (Å²) in [6.45, 7) is 2.11. The first-order valence-corrected chi connectivity index (χ1v) is 8.41. The van der Waals surface area contributed by atoms with Crippen LogP contribution in [0.2, 0.25) is 0 Å². The highest BCUT2D eigenvalue weighted by atomic mass is 16.2. The number of likely N-dealkylation sites (tertiary alicyclic amines) is 1. The van der Waals surface area contributed by atoms with Gasteiger partial charge in [0.1, 0.15) is 0 Å². The Morgan fingerprint density at radius 3 is 2.48 bits per heavy atom. The maximum atomic E-state index is 12.2. The van der Waals surface area contributed by atoms with E-state index in [-0.39, 0.29) is 11.8 Å². The molecule has 1 N–H and O–H groups in total. The summed E-state index contributed by atoms with van der Waals surface area (Å²) < 4.78 is 0. The van der Waals surface area contributed by atoms with Crippen LogP contribution < -0.4 is 10.2 Å². The van der Waals surface area contributed by atoms with Crippen LogP contribution in [0.5, 0.6) is 0 Å². The van der Waals surface area contributed by atoms with Crippen molar-refractivity contribution in [1.29, 1.82) is 0 Å². The Morgan fingerprint density at radius 1 is 1.13 bits per heavy atom. The maximum Gasteiger partial charge on any atom is 0.251 e. The molecule has 23 heavy (non-hydrogen) atoms. The summed E-state index contributed by atoms with van der Waals surface area (Å²) >= 11 is 0. The number of carbonyl (C=O) groups excluding carboxylic acids is 2. The third-order valence-electron chi connectivity index (χ3n) is 4.21. The molecule has 0 aromatic heterocycles. The predicted octanol–water partition coefficient (Wildman–Crippen LogP) is 2.28. The number of rotatable bonds is 5. The molecule has 1 aliphatic rings. The van der Waals surface area contributed by atoms with Gasteiger partial charge in [-0.2, -0.15) is 0 Å². The SMILES string of the molecule is CN(C)c1cccc(C(=O)NCCC(=O)N2CCCCCC2)c1. The summed E-state index contributed by atoms with van der Waals surface area (Å²) in [6.07, 6.45) is 4.98. The standard InChI is InChI=1S/C18H27N3O2/c1-20(2)16-9-7-8-15(14-16)18(23)19-11-10-17(22)21-12-5-3-4-6-13-21/h7-9,14H,3-6,10-13H2,1-2H3,(H,19,23). The van der Waals surface area contributed by atoms with Crippen molar-refractivity contribution in [3.05, 3.63) is 29.8 Å². The molecular weight excluding hydrogens is 290 g/mol. The highest BCUT2D eigenvalue weighted by molar-refractivity contribution is 5.95. The minimum atomic E-state index is -0.127. The van der Waals surface area contributed by atoms with Crippen molar-refractivity contribution in [1.82, 2.24) is 10.2 Å². The first kappa shape index (κ1) is 17.3. The van der Waals surface area contributed by atoms with E-state index < -0.39 is 0 Å². The second kappa shape index (κ2) is 8.56. The quantitative estimate of drug-likeness (QED) is 0.906. The fourth-order valence-corrected chi connectivity index (χ4v) is 2.79. The fraction of sp³-hybridized carbons (Fsp3) is 0.556. The number of benzene rings is 1. The van der Waals surface area contributed by atoms with E-state index >= 15 is 0 Å². The fourth-order valence-electron chi connectivity index (χ4n) is 2.79. The number of anilines is 1. The number of hydrogen-bond donors (Lipinski definition) is 1. The monoisotopic (exact) mass is 317 g/mol. The summed E-state index contributed by atoms with van der Waals surface area (Å²) in [6, 6.07) is 7.47. The lowest BCUT2D eigenvalue weighted by Gasteiger charge is -2.20. The van der Waals surface area contributed by atoms with Gasteiger partial charge in [0.05, 0.1) is 0 Å². The lowest BCUT2D eigenvalue weighted by Crippen LogP contribution is -2.35. The molecular formula is C18H27N3O2. The normalized spacial score (nSPS) is 15.0. The van der Waals surface area contributed by atoms with Crippen LogP contribution in [0.15, 0.2) is 24.3 Å². The van der Waals surface area contributed by atoms with Crippen molar-refractivity contribution < 1.29 is 9.59 Å². The molecule has 1 heterocycles. The van der Waals surface area contributed by atoms with Gasteiger partial charge in [-0.25, -0.2) is 0 Å². The Kier molecular flexibility index (Phi) is 6.44. The van der Waals surface area contributed by atoms with E-state index in [1.54, 1.807) is 6.07 Å². The molecule has 2 amide bonds. The molecule has 1 aliphatic heterocycles. The van der Waals surface area contributed by atoms with Gasteiger partial charge < -0.3 is 15.1 Å². The Hall–Kier alpha value is -2.04. The minimum absolute atomic E-state index is 0.127. The van der Waals surface area contributed by atoms with Crippen LogP contribution >= 0.6 is 0 Å². The number of carbonyl (C=O) groups is 2. The third kappa shape index (κ3) is 5.27. The van der Waals surface area contributed by atoms with Gasteiger partial charge in [-0.15, -0.1) is 0 Å². The Morgan fingerprint density at radius 2 is 1.83 bits per heavy atom. The number of hydrogen-bond acceptors (Lipinski definition) is 3. The molecule has 0 radical (unpaired) electrons. The molecule has 0 bridgehead atoms. The van der Waals surface area contributed by atoms with Gasteiger partial charge in [0, 0.05) is 51.4 Å². The molecule has 1 aromatic rings. The van der Waals surface area contributed by atoms with Gasteiger partial charge in [0.15, 0.2) is 0 Å². The van der Waals surface area contributed by atoms with Crippen LogP contribution in [0, 0.1) is 0 Å². The smallest absolute Gasteiger partial charge is 0.251 e. The van der Waals surface area contributed by atoms with Gasteiger partial charge in [0.2, 0.25) is 5.91 Å². The molecule has 0 aliphatic carbocycles. The third-order valence-corrected chi connectivity index (χ3v) is 4.21. The zero-order valence-electron chi connectivity index (χ0n) is 14.2. The lowest BCUT2D eigenvalue weighted by molar-refractivity contribution is -0.131. The molecule has 0 saturated carbocycles. The largest absolute Gasteiger partial charge is 0.378 e. The molecule has 2 rings (SSSR count). The van der Waals surface area contributed by atoms with Gasteiger partial charge >= 0.3 is 0 Å². The average molecular weight is 317 g/mol. The molecule has 0 unspecified atom stereocenters. The first-order chi connectivity index (χ1) is 11.1. The minimum Gasteiger partial charge on any atom is -0.378 e. The number of nitrogens with one attached hydrogen (secondary N) is 1. The number of nitrogens with zero attached hydrogens (tertiary/aromatic N) is 2. The van der Waals surface area contributed by atoms with E-state index in [0.29, 0.717) is 18.5 Å². The van der Waals surface area contributed by atoms with Crippen molar-refractivity contribution in [2.45, 2.75) is 32.1 Å². The molecule has 1 fully saturated rings. The summed E-state index contributed by atoms with van der Waals surface area (Å²) in [5.74, 6) is 0.0200. The Bertz CT molecular complexity index is 535. The van der Waals surface area contributed by atoms with Crippen molar-refractivity contribution >= 4 is 17.5 Å². The van der Waals surface area contributed by atoms with Crippen molar-refractivity contribution in [2.24, 2.45) is 0 Å². The van der Waals surface area contributed by atoms with Crippen molar-refractivity contribution in [3.63, 3.8) is 0 Å². The lowest BCUT2D eigenvalue weighted by atomic mass is 10.2. The van der Waals surface area contributed by atoms with Gasteiger partial charge in [0.25, 0.3) is 5.91 Å². The zero-order valence-corrected chi connectivity index (χ0v) is 14.2. The molecule has 0 atom stereocenters. The van der Waals surface area contributed by atoms with E-state index in [1.807, 2.05) is 42.1 Å². The van der Waals surface area contributed by atoms with Gasteiger partial charge in [-0.3, -0.25) is 9.59 Å². The maximum absolute atomic E-state index is 12.2. The molecule has 1 saturated heterocycles. The van der Waals surface area contributed by atoms with E-state index in [9.17, 15) is 9.59 Å². The zero-order chi connectivity index (χ0) is 16.7. The highest BCUT2D eigenvalue weighted by Crippen LogP contribution is 2.13. The summed E-state index contributed by atoms with van der Waals surface area (Å²) in [5, 5.41) is 2.85. The highest BCUT2D eigenvalue weighted by Gasteiger charge is 2.15. The van der Waals surface area contributed by atoms with E-state index in [1.165, 1.54) is 12.8 Å². The molecule has 1 aromatic carbocycles. The molecule has 5 nitrogen and oxygen atoms in total. The first-order valence-electron chi connectivity index (χ1n) is 8.41. The Balaban J connectivity index is 1.80. The van der Waals surface area contributed by atoms with Crippen molar-refractivity contribution in [2.75, 3.05) is 38.6 Å². The average Bonchev–Trinajstić information content (AvgIpc) is 2.84. The molecule has 126 valence electrons. The molecule has 0 spiro atoms. The van der Waals surface area contributed by atoms with E-state index in [0.717, 1.165) is 31.6 Å². The van der Waals surface area contributed by atoms with Crippen molar-refractivity contribution in [3.8, 4) is 0 Å². The van der Waals surface area contributed by atoms with Crippen LogP contribution in [-0.2, 0) is 4.79 Å². The van der Waals surface area contributed by atoms with Gasteiger partial charge in [-0.1, -0.05) is 18.9 Å². The Labute approximate surface area is 138 Å². The van der Waals surface area contributed by atoms with E-state index in [4.69, 9.17) is 0 Å². The molecule has 5 heteroatoms. The second-order valence-electron chi connectivity index (χ2n) is 6.25. The topological polar surface area (TPSA) is 52.7 Å². The van der Waals surface area contributed by atoms with Crippen LogP contribution in [0.4, 0.5) is 5.69 Å².